The number of hydrogen-bond donors (Lipinski definition) is 2. The summed E-state index contributed by atoms with van der Waals surface area (Å²) < 4.78 is 5.96. The maximum atomic E-state index is 12.2. The first kappa shape index (κ1) is 14.3. The van der Waals surface area contributed by atoms with Crippen LogP contribution in [0.5, 0.6) is 5.75 Å². The molecule has 0 unspecified atom stereocenters. The van der Waals surface area contributed by atoms with E-state index >= 15 is 0 Å². The first-order valence-electron chi connectivity index (χ1n) is 6.37. The second kappa shape index (κ2) is 5.65. The van der Waals surface area contributed by atoms with Gasteiger partial charge in [-0.3, -0.25) is 4.79 Å². The highest BCUT2D eigenvalue weighted by molar-refractivity contribution is 9.10. The molecule has 2 aromatic carbocycles. The molecule has 0 aliphatic carbocycles. The molecule has 5 nitrogen and oxygen atoms in total. The van der Waals surface area contributed by atoms with Crippen LogP contribution >= 0.6 is 15.9 Å². The number of carbonyl (C=O) groups is 1. The molecule has 1 heterocycles. The van der Waals surface area contributed by atoms with Gasteiger partial charge in [0.15, 0.2) is 0 Å². The lowest BCUT2D eigenvalue weighted by molar-refractivity contribution is 0.102. The van der Waals surface area contributed by atoms with Gasteiger partial charge in [-0.25, -0.2) is 4.79 Å². The third-order valence-corrected chi connectivity index (χ3v) is 3.54. The van der Waals surface area contributed by atoms with Crippen LogP contribution in [0.1, 0.15) is 10.4 Å². The highest BCUT2D eigenvalue weighted by Crippen LogP contribution is 2.20. The number of carbonyl (C=O) groups excluding carboxylic acids is 1. The van der Waals surface area contributed by atoms with E-state index in [-0.39, 0.29) is 11.3 Å². The molecule has 0 spiro atoms. The third kappa shape index (κ3) is 2.87. The van der Waals surface area contributed by atoms with E-state index in [1.54, 1.807) is 30.3 Å². The first-order chi connectivity index (χ1) is 10.5. The second-order valence-electron chi connectivity index (χ2n) is 4.63. The Kier molecular flexibility index (Phi) is 3.68. The average Bonchev–Trinajstić information content (AvgIpc) is 2.47. The van der Waals surface area contributed by atoms with Crippen LogP contribution in [0.25, 0.3) is 11.0 Å². The van der Waals surface area contributed by atoms with Gasteiger partial charge in [0.1, 0.15) is 16.9 Å². The Morgan fingerprint density at radius 1 is 1.14 bits per heavy atom. The fraction of sp³-hybridized carbons (Fsp3) is 0. The summed E-state index contributed by atoms with van der Waals surface area (Å²) >= 11 is 3.33. The Morgan fingerprint density at radius 3 is 2.73 bits per heavy atom. The Labute approximate surface area is 133 Å². The van der Waals surface area contributed by atoms with Crippen molar-refractivity contribution >= 4 is 38.5 Å². The molecule has 0 aliphatic rings. The molecule has 22 heavy (non-hydrogen) atoms. The van der Waals surface area contributed by atoms with Crippen LogP contribution in [-0.2, 0) is 0 Å². The van der Waals surface area contributed by atoms with Gasteiger partial charge in [-0.15, -0.1) is 0 Å². The predicted molar refractivity (Wildman–Crippen MR) is 86.2 cm³/mol. The van der Waals surface area contributed by atoms with Crippen LogP contribution < -0.4 is 10.9 Å². The molecule has 0 saturated heterocycles. The number of anilines is 1. The minimum Gasteiger partial charge on any atom is -0.508 e. The minimum absolute atomic E-state index is 0.0206. The summed E-state index contributed by atoms with van der Waals surface area (Å²) in [5, 5.41) is 12.6. The smallest absolute Gasteiger partial charge is 0.349 e. The van der Waals surface area contributed by atoms with Gasteiger partial charge in [0.25, 0.3) is 5.91 Å². The van der Waals surface area contributed by atoms with Gasteiger partial charge < -0.3 is 14.8 Å². The topological polar surface area (TPSA) is 79.5 Å². The Hall–Kier alpha value is -2.60. The molecule has 1 aromatic heterocycles. The van der Waals surface area contributed by atoms with Crippen molar-refractivity contribution in [2.24, 2.45) is 0 Å². The van der Waals surface area contributed by atoms with Crippen molar-refractivity contribution in [3.05, 3.63) is 69.0 Å². The standard InChI is InChI=1S/C16H10BrNO4/c17-10-4-5-14-9(6-10)7-13(16(21)22-14)15(20)18-11-2-1-3-12(19)8-11/h1-8,19H,(H,18,20). The molecule has 0 saturated carbocycles. The summed E-state index contributed by atoms with van der Waals surface area (Å²) in [6.07, 6.45) is 0. The van der Waals surface area contributed by atoms with Crippen molar-refractivity contribution < 1.29 is 14.3 Å². The summed E-state index contributed by atoms with van der Waals surface area (Å²) in [7, 11) is 0. The monoisotopic (exact) mass is 359 g/mol. The van der Waals surface area contributed by atoms with Crippen LogP contribution in [0.15, 0.2) is 62.2 Å². The minimum atomic E-state index is -0.715. The zero-order valence-electron chi connectivity index (χ0n) is 11.2. The lowest BCUT2D eigenvalue weighted by atomic mass is 10.1. The van der Waals surface area contributed by atoms with E-state index < -0.39 is 11.5 Å². The van der Waals surface area contributed by atoms with E-state index in [0.717, 1.165) is 4.47 Å². The van der Waals surface area contributed by atoms with Gasteiger partial charge in [-0.1, -0.05) is 22.0 Å². The number of fused-ring (bicyclic) bond motifs is 1. The average molecular weight is 360 g/mol. The molecule has 0 bridgehead atoms. The normalized spacial score (nSPS) is 10.6. The summed E-state index contributed by atoms with van der Waals surface area (Å²) in [5.41, 5.74) is -0.0257. The van der Waals surface area contributed by atoms with Gasteiger partial charge in [-0.05, 0) is 36.4 Å². The maximum absolute atomic E-state index is 12.2. The van der Waals surface area contributed by atoms with E-state index in [0.29, 0.717) is 16.7 Å². The molecule has 3 rings (SSSR count). The SMILES string of the molecule is O=C(Nc1cccc(O)c1)c1cc2cc(Br)ccc2oc1=O. The van der Waals surface area contributed by atoms with Crippen molar-refractivity contribution in [2.45, 2.75) is 0 Å². The van der Waals surface area contributed by atoms with Crippen LogP contribution in [0.3, 0.4) is 0 Å². The summed E-state index contributed by atoms with van der Waals surface area (Å²) in [4.78, 5) is 24.1. The lowest BCUT2D eigenvalue weighted by Crippen LogP contribution is -2.20. The van der Waals surface area contributed by atoms with Crippen LogP contribution in [-0.4, -0.2) is 11.0 Å². The first-order valence-corrected chi connectivity index (χ1v) is 7.16. The van der Waals surface area contributed by atoms with E-state index in [1.807, 2.05) is 0 Å². The van der Waals surface area contributed by atoms with E-state index in [2.05, 4.69) is 21.2 Å². The number of benzene rings is 2. The predicted octanol–water partition coefficient (Wildman–Crippen LogP) is 3.51. The Morgan fingerprint density at radius 2 is 1.95 bits per heavy atom. The van der Waals surface area contributed by atoms with Gasteiger partial charge >= 0.3 is 5.63 Å². The fourth-order valence-electron chi connectivity index (χ4n) is 2.03. The molecule has 3 aromatic rings. The quantitative estimate of drug-likeness (QED) is 0.686. The zero-order valence-corrected chi connectivity index (χ0v) is 12.8. The number of hydrogen-bond acceptors (Lipinski definition) is 4. The van der Waals surface area contributed by atoms with Crippen molar-refractivity contribution in [1.82, 2.24) is 0 Å². The highest BCUT2D eigenvalue weighted by Gasteiger charge is 2.14. The summed E-state index contributed by atoms with van der Waals surface area (Å²) in [6, 6.07) is 12.7. The van der Waals surface area contributed by atoms with E-state index in [9.17, 15) is 14.7 Å². The largest absolute Gasteiger partial charge is 0.508 e. The van der Waals surface area contributed by atoms with Crippen molar-refractivity contribution in [2.75, 3.05) is 5.32 Å². The second-order valence-corrected chi connectivity index (χ2v) is 5.55. The fourth-order valence-corrected chi connectivity index (χ4v) is 2.41. The van der Waals surface area contributed by atoms with Crippen LogP contribution in [0, 0.1) is 0 Å². The molecule has 110 valence electrons. The molecule has 6 heteroatoms. The van der Waals surface area contributed by atoms with Gasteiger partial charge in [-0.2, -0.15) is 0 Å². The Balaban J connectivity index is 2.00. The highest BCUT2D eigenvalue weighted by atomic mass is 79.9. The van der Waals surface area contributed by atoms with Crippen LogP contribution in [0.4, 0.5) is 5.69 Å². The van der Waals surface area contributed by atoms with Gasteiger partial charge in [0.05, 0.1) is 0 Å². The van der Waals surface area contributed by atoms with Gasteiger partial charge in [0.2, 0.25) is 0 Å². The summed E-state index contributed by atoms with van der Waals surface area (Å²) in [6.45, 7) is 0. The molecule has 2 N–H and O–H groups in total. The van der Waals surface area contributed by atoms with E-state index in [4.69, 9.17) is 4.42 Å². The van der Waals surface area contributed by atoms with Crippen molar-refractivity contribution in [3.63, 3.8) is 0 Å². The molecule has 1 amide bonds. The molecule has 0 radical (unpaired) electrons. The zero-order chi connectivity index (χ0) is 15.7. The van der Waals surface area contributed by atoms with E-state index in [1.165, 1.54) is 18.2 Å². The number of amides is 1. The molecule has 0 aliphatic heterocycles. The van der Waals surface area contributed by atoms with Crippen LogP contribution in [0.2, 0.25) is 0 Å². The number of halogens is 1. The number of phenolic OH excluding ortho intramolecular Hbond substituents is 1. The number of nitrogens with one attached hydrogen (secondary N) is 1. The maximum Gasteiger partial charge on any atom is 0.349 e. The number of phenols is 1. The molecule has 0 atom stereocenters. The lowest BCUT2D eigenvalue weighted by Gasteiger charge is -2.05. The van der Waals surface area contributed by atoms with Crippen molar-refractivity contribution in [3.8, 4) is 5.75 Å². The molecular weight excluding hydrogens is 350 g/mol. The number of aromatic hydroxyl groups is 1. The molecule has 0 fully saturated rings. The summed E-state index contributed by atoms with van der Waals surface area (Å²) in [5.74, 6) is -0.575. The molecular formula is C16H10BrNO4. The number of rotatable bonds is 2. The Bertz CT molecular complexity index is 933. The van der Waals surface area contributed by atoms with Crippen molar-refractivity contribution in [1.29, 1.82) is 0 Å². The third-order valence-electron chi connectivity index (χ3n) is 3.04. The van der Waals surface area contributed by atoms with Gasteiger partial charge in [0, 0.05) is 21.6 Å².